The predicted octanol–water partition coefficient (Wildman–Crippen LogP) is 1.53. The summed E-state index contributed by atoms with van der Waals surface area (Å²) in [5.41, 5.74) is -1.57. The van der Waals surface area contributed by atoms with Gasteiger partial charge in [-0.05, 0) is 18.2 Å². The zero-order chi connectivity index (χ0) is 21.8. The first-order valence-corrected chi connectivity index (χ1v) is 9.98. The molecule has 158 valence electrons. The molecule has 0 atom stereocenters. The number of nitrogens with zero attached hydrogens (tertiary/aromatic N) is 3. The van der Waals surface area contributed by atoms with Gasteiger partial charge >= 0.3 is 12.1 Å². The van der Waals surface area contributed by atoms with Gasteiger partial charge in [-0.3, -0.25) is 5.21 Å². The number of allylic oxidation sites excluding steroid dienone is 4. The van der Waals surface area contributed by atoms with Crippen molar-refractivity contribution in [3.63, 3.8) is 0 Å². The Labute approximate surface area is 162 Å². The number of hydrogen-bond acceptors (Lipinski definition) is 5. The maximum Gasteiger partial charge on any atom is 0.457 e. The van der Waals surface area contributed by atoms with Crippen LogP contribution < -0.4 is 10.8 Å². The molecule has 12 heteroatoms. The van der Waals surface area contributed by atoms with E-state index in [0.717, 1.165) is 12.3 Å². The molecular weight excluding hydrogens is 421 g/mol. The Kier molecular flexibility index (Phi) is 4.98. The molecule has 3 rings (SSSR count). The van der Waals surface area contributed by atoms with Gasteiger partial charge in [-0.25, -0.2) is 18.5 Å². The highest BCUT2D eigenvalue weighted by molar-refractivity contribution is 7.95. The molecule has 1 aliphatic heterocycles. The summed E-state index contributed by atoms with van der Waals surface area (Å²) in [6.45, 7) is 1.40. The fraction of sp³-hybridized carbons (Fsp3) is 0.353. The standard InChI is InChI=1S/C17H16F5N3O3S/c1-3-29(27,28)13-5-4-8-25(26)14(13)15-23-11-9-10(6-7-12(11)24(15)2)16(18,19)17(20,21)22/h4-8,26H,3,9H2,1-2H3. The fourth-order valence-electron chi connectivity index (χ4n) is 3.03. The highest BCUT2D eigenvalue weighted by Gasteiger charge is 2.59. The number of sulfone groups is 1. The van der Waals surface area contributed by atoms with Crippen molar-refractivity contribution in [1.82, 2.24) is 14.6 Å². The molecule has 1 aromatic heterocycles. The summed E-state index contributed by atoms with van der Waals surface area (Å²) >= 11 is 0. The van der Waals surface area contributed by atoms with Crippen LogP contribution in [-0.2, 0) is 23.3 Å². The van der Waals surface area contributed by atoms with E-state index < -0.39 is 33.9 Å². The Morgan fingerprint density at radius 1 is 1.17 bits per heavy atom. The number of hydroxylamine groups is 2. The van der Waals surface area contributed by atoms with E-state index in [9.17, 15) is 35.6 Å². The minimum atomic E-state index is -5.75. The van der Waals surface area contributed by atoms with Crippen LogP contribution in [0.15, 0.2) is 34.9 Å². The van der Waals surface area contributed by atoms with Crippen molar-refractivity contribution in [2.75, 3.05) is 5.75 Å². The number of aromatic nitrogens is 2. The van der Waals surface area contributed by atoms with Gasteiger partial charge in [-0.1, -0.05) is 13.0 Å². The van der Waals surface area contributed by atoms with Crippen LogP contribution in [0.4, 0.5) is 22.0 Å². The largest absolute Gasteiger partial charge is 0.457 e. The molecule has 0 spiro atoms. The summed E-state index contributed by atoms with van der Waals surface area (Å²) in [7, 11) is -2.36. The summed E-state index contributed by atoms with van der Waals surface area (Å²) in [6.07, 6.45) is -1.09. The van der Waals surface area contributed by atoms with Crippen LogP contribution in [0.3, 0.4) is 0 Å². The number of fused-ring (bicyclic) bond motifs is 1. The van der Waals surface area contributed by atoms with Crippen LogP contribution in [0.2, 0.25) is 0 Å². The van der Waals surface area contributed by atoms with Gasteiger partial charge in [0, 0.05) is 25.2 Å². The molecular formula is C17H16F5N3O3S. The average molecular weight is 437 g/mol. The van der Waals surface area contributed by atoms with Gasteiger partial charge in [-0.2, -0.15) is 22.0 Å². The van der Waals surface area contributed by atoms with Crippen LogP contribution >= 0.6 is 0 Å². The first kappa shape index (κ1) is 21.2. The number of alkyl halides is 5. The molecule has 0 radical (unpaired) electrons. The number of hydrogen-bond donors (Lipinski definition) is 1. The maximum atomic E-state index is 13.7. The normalized spacial score (nSPS) is 19.5. The molecule has 0 bridgehead atoms. The molecule has 0 amide bonds. The lowest BCUT2D eigenvalue weighted by molar-refractivity contribution is -0.264. The number of imidazole rings is 1. The molecule has 1 aromatic rings. The molecule has 0 unspecified atom stereocenters. The third-order valence-corrected chi connectivity index (χ3v) is 6.40. The monoisotopic (exact) mass is 437 g/mol. The minimum absolute atomic E-state index is 0.0902. The van der Waals surface area contributed by atoms with E-state index in [1.165, 1.54) is 30.7 Å². The first-order valence-electron chi connectivity index (χ1n) is 8.32. The summed E-state index contributed by atoms with van der Waals surface area (Å²) in [5, 5.41) is 10.9. The Morgan fingerprint density at radius 2 is 1.83 bits per heavy atom. The van der Waals surface area contributed by atoms with E-state index in [2.05, 4.69) is 4.98 Å². The van der Waals surface area contributed by atoms with Crippen molar-refractivity contribution in [3.05, 3.63) is 51.4 Å². The van der Waals surface area contributed by atoms with Gasteiger partial charge in [0.1, 0.15) is 5.70 Å². The Bertz CT molecular complexity index is 1170. The molecule has 0 saturated heterocycles. The van der Waals surface area contributed by atoms with Gasteiger partial charge in [0.25, 0.3) is 0 Å². The summed E-state index contributed by atoms with van der Waals surface area (Å²) < 4.78 is 91.6. The fourth-order valence-corrected chi connectivity index (χ4v) is 4.11. The second-order valence-electron chi connectivity index (χ2n) is 6.40. The zero-order valence-electron chi connectivity index (χ0n) is 15.2. The minimum Gasteiger partial charge on any atom is -0.326 e. The zero-order valence-corrected chi connectivity index (χ0v) is 16.0. The van der Waals surface area contributed by atoms with Crippen LogP contribution in [-0.4, -0.2) is 46.1 Å². The van der Waals surface area contributed by atoms with E-state index in [1.54, 1.807) is 0 Å². The van der Waals surface area contributed by atoms with Gasteiger partial charge in [0.05, 0.1) is 21.7 Å². The molecule has 0 aromatic carbocycles. The Hall–Kier alpha value is -2.47. The molecule has 2 aliphatic rings. The third kappa shape index (κ3) is 3.39. The molecule has 0 fully saturated rings. The lowest BCUT2D eigenvalue weighted by atomic mass is 9.99. The van der Waals surface area contributed by atoms with Crippen molar-refractivity contribution in [2.45, 2.75) is 25.4 Å². The van der Waals surface area contributed by atoms with Gasteiger partial charge in [-0.15, -0.1) is 0 Å². The summed E-state index contributed by atoms with van der Waals surface area (Å²) in [6, 6.07) is 0. The Balaban J connectivity index is 2.20. The van der Waals surface area contributed by atoms with Crippen molar-refractivity contribution in [3.8, 4) is 0 Å². The highest BCUT2D eigenvalue weighted by atomic mass is 32.2. The second kappa shape index (κ2) is 6.80. The van der Waals surface area contributed by atoms with Gasteiger partial charge in [0.2, 0.25) is 0 Å². The van der Waals surface area contributed by atoms with Crippen molar-refractivity contribution in [2.24, 2.45) is 7.05 Å². The van der Waals surface area contributed by atoms with Gasteiger partial charge in [0.15, 0.2) is 15.3 Å². The van der Waals surface area contributed by atoms with E-state index in [0.29, 0.717) is 11.1 Å². The Morgan fingerprint density at radius 3 is 2.41 bits per heavy atom. The van der Waals surface area contributed by atoms with E-state index >= 15 is 0 Å². The lowest BCUT2D eigenvalue weighted by Crippen LogP contribution is -2.40. The quantitative estimate of drug-likeness (QED) is 0.726. The topological polar surface area (TPSA) is 75.4 Å². The third-order valence-electron chi connectivity index (χ3n) is 4.64. The molecule has 6 nitrogen and oxygen atoms in total. The van der Waals surface area contributed by atoms with Crippen LogP contribution in [0.1, 0.15) is 12.6 Å². The lowest BCUT2D eigenvalue weighted by Gasteiger charge is -2.23. The maximum absolute atomic E-state index is 13.7. The SMILES string of the molecule is CCS(=O)(=O)C1=CC=CN(O)C1=c1nc2c(n1C)=CC=C(C(F)(F)C(F)(F)F)C2. The van der Waals surface area contributed by atoms with Crippen LogP contribution in [0, 0.1) is 0 Å². The van der Waals surface area contributed by atoms with E-state index in [4.69, 9.17) is 0 Å². The van der Waals surface area contributed by atoms with Crippen LogP contribution in [0.5, 0.6) is 0 Å². The van der Waals surface area contributed by atoms with E-state index in [-0.39, 0.29) is 32.9 Å². The molecule has 29 heavy (non-hydrogen) atoms. The highest BCUT2D eigenvalue weighted by Crippen LogP contribution is 2.42. The molecule has 0 saturated carbocycles. The second-order valence-corrected chi connectivity index (χ2v) is 8.65. The smallest absolute Gasteiger partial charge is 0.326 e. The first-order chi connectivity index (χ1) is 13.3. The summed E-state index contributed by atoms with van der Waals surface area (Å²) in [5.74, 6) is -5.30. The predicted molar refractivity (Wildman–Crippen MR) is 93.4 cm³/mol. The van der Waals surface area contributed by atoms with E-state index in [1.807, 2.05) is 0 Å². The van der Waals surface area contributed by atoms with Crippen LogP contribution in [0.25, 0.3) is 11.8 Å². The van der Waals surface area contributed by atoms with Crippen molar-refractivity contribution < 1.29 is 35.6 Å². The molecule has 1 aliphatic carbocycles. The molecule has 2 heterocycles. The summed E-state index contributed by atoms with van der Waals surface area (Å²) in [4.78, 5) is 3.83. The van der Waals surface area contributed by atoms with Gasteiger partial charge < -0.3 is 4.57 Å². The average Bonchev–Trinajstić information content (AvgIpc) is 2.96. The molecule has 1 N–H and O–H groups in total. The number of halogens is 5. The number of rotatable bonds is 3. The van der Waals surface area contributed by atoms with Crippen molar-refractivity contribution in [1.29, 1.82) is 0 Å². The van der Waals surface area contributed by atoms with Crippen molar-refractivity contribution >= 4 is 21.6 Å².